The molecule has 2 nitrogen and oxygen atoms in total. The van der Waals surface area contributed by atoms with Gasteiger partial charge in [0.1, 0.15) is 0 Å². The van der Waals surface area contributed by atoms with Crippen molar-refractivity contribution < 1.29 is 0 Å². The molecule has 1 saturated carbocycles. The maximum absolute atomic E-state index is 5.68. The van der Waals surface area contributed by atoms with E-state index in [9.17, 15) is 0 Å². The summed E-state index contributed by atoms with van der Waals surface area (Å²) >= 11 is 0. The van der Waals surface area contributed by atoms with E-state index in [0.29, 0.717) is 0 Å². The summed E-state index contributed by atoms with van der Waals surface area (Å²) in [5.74, 6) is 0.794. The molecule has 0 unspecified atom stereocenters. The first kappa shape index (κ1) is 7.19. The highest BCUT2D eigenvalue weighted by Gasteiger charge is 2.13. The molecule has 1 aliphatic carbocycles. The molecular formula is C8H14N2. The van der Waals surface area contributed by atoms with E-state index in [0.717, 1.165) is 18.7 Å². The summed E-state index contributed by atoms with van der Waals surface area (Å²) in [6, 6.07) is 0. The zero-order valence-electron chi connectivity index (χ0n) is 6.41. The minimum atomic E-state index is 0.794. The van der Waals surface area contributed by atoms with Crippen molar-refractivity contribution in [3.63, 3.8) is 0 Å². The van der Waals surface area contributed by atoms with E-state index in [2.05, 4.69) is 11.9 Å². The van der Waals surface area contributed by atoms with Crippen LogP contribution < -0.4 is 11.1 Å². The summed E-state index contributed by atoms with van der Waals surface area (Å²) in [6.07, 6.45) is 3.40. The number of hydrogen-bond acceptors (Lipinski definition) is 2. The largest absolute Gasteiger partial charge is 0.385 e. The van der Waals surface area contributed by atoms with Crippen LogP contribution in [0, 0.1) is 0 Å². The Morgan fingerprint density at radius 2 is 2.30 bits per heavy atom. The molecule has 0 aromatic carbocycles. The normalized spacial score (nSPS) is 23.1. The summed E-state index contributed by atoms with van der Waals surface area (Å²) in [5.41, 5.74) is 8.10. The number of allylic oxidation sites excluding steroid dienone is 2. The lowest BCUT2D eigenvalue weighted by Crippen LogP contribution is -2.17. The average molecular weight is 138 g/mol. The summed E-state index contributed by atoms with van der Waals surface area (Å²) in [5, 5.41) is 2.93. The average Bonchev–Trinajstić information content (AvgIpc) is 2.34. The first-order chi connectivity index (χ1) is 4.75. The Kier molecular flexibility index (Phi) is 2.00. The highest BCUT2D eigenvalue weighted by atomic mass is 15.0. The van der Waals surface area contributed by atoms with Crippen molar-refractivity contribution in [1.29, 1.82) is 0 Å². The molecule has 0 atom stereocenters. The lowest BCUT2D eigenvalue weighted by atomic mass is 10.1. The third-order valence-corrected chi connectivity index (χ3v) is 1.93. The summed E-state index contributed by atoms with van der Waals surface area (Å²) in [7, 11) is 1.84. The molecule has 1 aliphatic rings. The van der Waals surface area contributed by atoms with Crippen LogP contribution in [0.3, 0.4) is 0 Å². The fraction of sp³-hybridized carbons (Fsp3) is 0.500. The molecule has 2 heteroatoms. The topological polar surface area (TPSA) is 38.0 Å². The minimum absolute atomic E-state index is 0.794. The molecule has 0 bridgehead atoms. The van der Waals surface area contributed by atoms with Crippen molar-refractivity contribution in [1.82, 2.24) is 5.32 Å². The van der Waals surface area contributed by atoms with E-state index in [4.69, 9.17) is 5.73 Å². The molecule has 1 fully saturated rings. The molecule has 3 N–H and O–H groups in total. The number of nitrogens with one attached hydrogen (secondary N) is 1. The second kappa shape index (κ2) is 2.78. The molecule has 1 rings (SSSR count). The first-order valence-electron chi connectivity index (χ1n) is 3.60. The van der Waals surface area contributed by atoms with Crippen LogP contribution in [0.15, 0.2) is 23.5 Å². The van der Waals surface area contributed by atoms with Gasteiger partial charge >= 0.3 is 0 Å². The smallest absolute Gasteiger partial charge is 0.0993 e. The molecule has 10 heavy (non-hydrogen) atoms. The Morgan fingerprint density at radius 3 is 2.70 bits per heavy atom. The fourth-order valence-electron chi connectivity index (χ4n) is 1.28. The van der Waals surface area contributed by atoms with Gasteiger partial charge < -0.3 is 11.1 Å². The highest BCUT2D eigenvalue weighted by molar-refractivity contribution is 5.34. The summed E-state index contributed by atoms with van der Waals surface area (Å²) < 4.78 is 0. The predicted molar refractivity (Wildman–Crippen MR) is 43.3 cm³/mol. The van der Waals surface area contributed by atoms with Crippen LogP contribution in [-0.2, 0) is 0 Å². The highest BCUT2D eigenvalue weighted by Crippen LogP contribution is 2.28. The van der Waals surface area contributed by atoms with Gasteiger partial charge in [0.2, 0.25) is 0 Å². The lowest BCUT2D eigenvalue weighted by Gasteiger charge is -2.04. The second-order valence-corrected chi connectivity index (χ2v) is 2.60. The van der Waals surface area contributed by atoms with E-state index >= 15 is 0 Å². The van der Waals surface area contributed by atoms with Gasteiger partial charge in [0, 0.05) is 7.05 Å². The van der Waals surface area contributed by atoms with Gasteiger partial charge in [-0.3, -0.25) is 0 Å². The van der Waals surface area contributed by atoms with Gasteiger partial charge in [-0.05, 0) is 30.4 Å². The molecule has 0 aliphatic heterocycles. The van der Waals surface area contributed by atoms with Crippen molar-refractivity contribution in [2.75, 3.05) is 7.05 Å². The summed E-state index contributed by atoms with van der Waals surface area (Å²) in [6.45, 7) is 3.93. The molecule has 0 radical (unpaired) electrons. The van der Waals surface area contributed by atoms with Crippen LogP contribution >= 0.6 is 0 Å². The molecule has 0 aromatic rings. The molecule has 0 heterocycles. The van der Waals surface area contributed by atoms with Gasteiger partial charge in [-0.2, -0.15) is 0 Å². The second-order valence-electron chi connectivity index (χ2n) is 2.60. The van der Waals surface area contributed by atoms with Gasteiger partial charge in [0.05, 0.1) is 5.82 Å². The fourth-order valence-corrected chi connectivity index (χ4v) is 1.28. The SMILES string of the molecule is C=C1CCC/C1=C(\N)NC. The molecule has 0 saturated heterocycles. The van der Waals surface area contributed by atoms with E-state index < -0.39 is 0 Å². The van der Waals surface area contributed by atoms with E-state index in [1.807, 2.05) is 7.05 Å². The van der Waals surface area contributed by atoms with Crippen molar-refractivity contribution in [2.24, 2.45) is 5.73 Å². The first-order valence-corrected chi connectivity index (χ1v) is 3.60. The van der Waals surface area contributed by atoms with Crippen LogP contribution in [0.4, 0.5) is 0 Å². The maximum Gasteiger partial charge on any atom is 0.0993 e. The van der Waals surface area contributed by atoms with Crippen LogP contribution in [-0.4, -0.2) is 7.05 Å². The molecular weight excluding hydrogens is 124 g/mol. The number of nitrogens with two attached hydrogens (primary N) is 1. The standard InChI is InChI=1S/C8H14N2/c1-6-4-3-5-7(6)8(9)10-2/h10H,1,3-5,9H2,2H3/b8-7-. The Hall–Kier alpha value is -0.920. The van der Waals surface area contributed by atoms with Gasteiger partial charge in [-0.1, -0.05) is 6.58 Å². The van der Waals surface area contributed by atoms with Crippen LogP contribution in [0.25, 0.3) is 0 Å². The van der Waals surface area contributed by atoms with Crippen molar-refractivity contribution in [3.8, 4) is 0 Å². The number of rotatable bonds is 1. The van der Waals surface area contributed by atoms with Crippen molar-refractivity contribution in [3.05, 3.63) is 23.5 Å². The van der Waals surface area contributed by atoms with Crippen LogP contribution in [0.5, 0.6) is 0 Å². The maximum atomic E-state index is 5.68. The minimum Gasteiger partial charge on any atom is -0.385 e. The van der Waals surface area contributed by atoms with Crippen molar-refractivity contribution in [2.45, 2.75) is 19.3 Å². The lowest BCUT2D eigenvalue weighted by molar-refractivity contribution is 0.895. The van der Waals surface area contributed by atoms with E-state index in [1.165, 1.54) is 17.6 Å². The predicted octanol–water partition coefficient (Wildman–Crippen LogP) is 1.12. The van der Waals surface area contributed by atoms with Crippen LogP contribution in [0.2, 0.25) is 0 Å². The molecule has 56 valence electrons. The Balaban J connectivity index is 2.79. The third-order valence-electron chi connectivity index (χ3n) is 1.93. The molecule has 0 amide bonds. The Morgan fingerprint density at radius 1 is 1.60 bits per heavy atom. The van der Waals surface area contributed by atoms with E-state index in [1.54, 1.807) is 0 Å². The molecule has 0 aromatic heterocycles. The van der Waals surface area contributed by atoms with Crippen LogP contribution in [0.1, 0.15) is 19.3 Å². The zero-order valence-corrected chi connectivity index (χ0v) is 6.41. The zero-order chi connectivity index (χ0) is 7.56. The quantitative estimate of drug-likeness (QED) is 0.569. The number of hydrogen-bond donors (Lipinski definition) is 2. The monoisotopic (exact) mass is 138 g/mol. The van der Waals surface area contributed by atoms with Crippen molar-refractivity contribution >= 4 is 0 Å². The van der Waals surface area contributed by atoms with Gasteiger partial charge in [-0.15, -0.1) is 0 Å². The molecule has 0 spiro atoms. The van der Waals surface area contributed by atoms with Gasteiger partial charge in [0.15, 0.2) is 0 Å². The summed E-state index contributed by atoms with van der Waals surface area (Å²) in [4.78, 5) is 0. The van der Waals surface area contributed by atoms with E-state index in [-0.39, 0.29) is 0 Å². The van der Waals surface area contributed by atoms with Gasteiger partial charge in [-0.25, -0.2) is 0 Å². The Bertz CT molecular complexity index is 180. The van der Waals surface area contributed by atoms with Gasteiger partial charge in [0.25, 0.3) is 0 Å². The third kappa shape index (κ3) is 1.15. The Labute approximate surface area is 61.8 Å².